The van der Waals surface area contributed by atoms with E-state index in [1.807, 2.05) is 0 Å². The normalized spacial score (nSPS) is 12.2. The van der Waals surface area contributed by atoms with Gasteiger partial charge in [0, 0.05) is 0 Å². The van der Waals surface area contributed by atoms with Crippen molar-refractivity contribution >= 4 is 12.6 Å². The fourth-order valence-electron chi connectivity index (χ4n) is 1.88. The van der Waals surface area contributed by atoms with E-state index in [4.69, 9.17) is 14.8 Å². The fraction of sp³-hybridized carbons (Fsp3) is 0.571. The van der Waals surface area contributed by atoms with Gasteiger partial charge in [-0.05, 0) is 36.9 Å². The number of rotatable bonds is 8. The maximum Gasteiger partial charge on any atom is 0.488 e. The van der Waals surface area contributed by atoms with E-state index in [2.05, 4.69) is 13.8 Å². The molecule has 0 aliphatic carbocycles. The third-order valence-electron chi connectivity index (χ3n) is 3.07. The highest BCUT2D eigenvalue weighted by Gasteiger charge is 2.11. The molecule has 1 aromatic carbocycles. The smallest absolute Gasteiger partial charge is 0.488 e. The van der Waals surface area contributed by atoms with Gasteiger partial charge in [0.1, 0.15) is 5.75 Å². The lowest BCUT2D eigenvalue weighted by molar-refractivity contribution is 0.183. The van der Waals surface area contributed by atoms with Gasteiger partial charge in [0.05, 0.1) is 6.10 Å². The second-order valence-electron chi connectivity index (χ2n) is 4.59. The minimum absolute atomic E-state index is 0.251. The first-order valence-corrected chi connectivity index (χ1v) is 6.80. The van der Waals surface area contributed by atoms with Crippen molar-refractivity contribution in [2.45, 2.75) is 52.1 Å². The number of benzene rings is 1. The van der Waals surface area contributed by atoms with Crippen molar-refractivity contribution in [3.05, 3.63) is 24.3 Å². The molecule has 0 fully saturated rings. The molecule has 0 saturated carbocycles. The van der Waals surface area contributed by atoms with Crippen molar-refractivity contribution in [2.24, 2.45) is 0 Å². The van der Waals surface area contributed by atoms with Gasteiger partial charge in [-0.3, -0.25) is 0 Å². The van der Waals surface area contributed by atoms with Gasteiger partial charge < -0.3 is 14.8 Å². The molecule has 3 nitrogen and oxygen atoms in total. The zero-order valence-electron chi connectivity index (χ0n) is 11.3. The Morgan fingerprint density at radius 2 is 1.78 bits per heavy atom. The van der Waals surface area contributed by atoms with Gasteiger partial charge in [-0.2, -0.15) is 0 Å². The third kappa shape index (κ3) is 5.11. The highest BCUT2D eigenvalue weighted by molar-refractivity contribution is 6.58. The van der Waals surface area contributed by atoms with E-state index in [9.17, 15) is 0 Å². The molecule has 0 heterocycles. The van der Waals surface area contributed by atoms with E-state index in [1.165, 1.54) is 19.3 Å². The van der Waals surface area contributed by atoms with E-state index in [0.717, 1.165) is 18.6 Å². The molecule has 0 spiro atoms. The Labute approximate surface area is 110 Å². The Bertz CT molecular complexity index is 324. The Kier molecular flexibility index (Phi) is 6.84. The molecule has 1 rings (SSSR count). The molecular weight excluding hydrogens is 227 g/mol. The zero-order chi connectivity index (χ0) is 13.4. The molecule has 0 aliphatic rings. The Morgan fingerprint density at radius 1 is 1.11 bits per heavy atom. The van der Waals surface area contributed by atoms with Crippen LogP contribution >= 0.6 is 0 Å². The molecule has 100 valence electrons. The molecule has 0 bridgehead atoms. The SMILES string of the molecule is CCCCC[C@@H](CC)Oc1ccc(B(O)O)cc1. The molecule has 0 aliphatic heterocycles. The molecular formula is C14H23BO3. The molecule has 0 radical (unpaired) electrons. The van der Waals surface area contributed by atoms with Crippen molar-refractivity contribution in [3.63, 3.8) is 0 Å². The van der Waals surface area contributed by atoms with Gasteiger partial charge in [-0.15, -0.1) is 0 Å². The molecule has 2 N–H and O–H groups in total. The summed E-state index contributed by atoms with van der Waals surface area (Å²) in [5, 5.41) is 18.0. The summed E-state index contributed by atoms with van der Waals surface area (Å²) in [6, 6.07) is 6.94. The van der Waals surface area contributed by atoms with Crippen LogP contribution in [0.4, 0.5) is 0 Å². The fourth-order valence-corrected chi connectivity index (χ4v) is 1.88. The third-order valence-corrected chi connectivity index (χ3v) is 3.07. The molecule has 1 atom stereocenters. The standard InChI is InChI=1S/C14H23BO3/c1-3-5-6-7-13(4-2)18-14-10-8-12(9-11-14)15(16)17/h8-11,13,16-17H,3-7H2,1-2H3/t13-/m1/s1. The van der Waals surface area contributed by atoms with Gasteiger partial charge in [0.2, 0.25) is 0 Å². The highest BCUT2D eigenvalue weighted by Crippen LogP contribution is 2.16. The van der Waals surface area contributed by atoms with Crippen molar-refractivity contribution in [1.29, 1.82) is 0 Å². The van der Waals surface area contributed by atoms with Crippen LogP contribution < -0.4 is 10.2 Å². The van der Waals surface area contributed by atoms with E-state index >= 15 is 0 Å². The summed E-state index contributed by atoms with van der Waals surface area (Å²) in [5.41, 5.74) is 0.487. The van der Waals surface area contributed by atoms with Crippen LogP contribution in [-0.4, -0.2) is 23.3 Å². The quantitative estimate of drug-likeness (QED) is 0.548. The molecule has 18 heavy (non-hydrogen) atoms. The lowest BCUT2D eigenvalue weighted by Gasteiger charge is -2.17. The second-order valence-corrected chi connectivity index (χ2v) is 4.59. The summed E-state index contributed by atoms with van der Waals surface area (Å²) < 4.78 is 5.88. The van der Waals surface area contributed by atoms with Crippen molar-refractivity contribution in [1.82, 2.24) is 0 Å². The van der Waals surface area contributed by atoms with Crippen LogP contribution in [0.15, 0.2) is 24.3 Å². The molecule has 0 saturated heterocycles. The maximum atomic E-state index is 9.00. The van der Waals surface area contributed by atoms with Crippen LogP contribution in [0.25, 0.3) is 0 Å². The number of unbranched alkanes of at least 4 members (excludes halogenated alkanes) is 2. The molecule has 0 unspecified atom stereocenters. The van der Waals surface area contributed by atoms with Crippen LogP contribution in [0.5, 0.6) is 5.75 Å². The molecule has 1 aromatic rings. The minimum atomic E-state index is -1.41. The van der Waals surface area contributed by atoms with Crippen molar-refractivity contribution in [2.75, 3.05) is 0 Å². The average molecular weight is 250 g/mol. The van der Waals surface area contributed by atoms with Gasteiger partial charge in [0.15, 0.2) is 0 Å². The first-order chi connectivity index (χ1) is 8.67. The van der Waals surface area contributed by atoms with Crippen LogP contribution in [0.1, 0.15) is 46.0 Å². The van der Waals surface area contributed by atoms with Gasteiger partial charge in [-0.25, -0.2) is 0 Å². The summed E-state index contributed by atoms with van der Waals surface area (Å²) in [4.78, 5) is 0. The number of hydrogen-bond donors (Lipinski definition) is 2. The number of hydrogen-bond acceptors (Lipinski definition) is 3. The first kappa shape index (κ1) is 15.1. The van der Waals surface area contributed by atoms with Crippen LogP contribution in [0.3, 0.4) is 0 Å². The Balaban J connectivity index is 2.48. The predicted octanol–water partition coefficient (Wildman–Crippen LogP) is 2.10. The van der Waals surface area contributed by atoms with Crippen LogP contribution in [0, 0.1) is 0 Å². The van der Waals surface area contributed by atoms with Crippen LogP contribution in [-0.2, 0) is 0 Å². The van der Waals surface area contributed by atoms with Crippen molar-refractivity contribution in [3.8, 4) is 5.75 Å². The van der Waals surface area contributed by atoms with Gasteiger partial charge >= 0.3 is 7.12 Å². The molecule has 4 heteroatoms. The van der Waals surface area contributed by atoms with E-state index in [-0.39, 0.29) is 6.10 Å². The van der Waals surface area contributed by atoms with E-state index in [1.54, 1.807) is 24.3 Å². The first-order valence-electron chi connectivity index (χ1n) is 6.80. The van der Waals surface area contributed by atoms with E-state index < -0.39 is 7.12 Å². The molecule has 0 amide bonds. The molecule has 0 aromatic heterocycles. The monoisotopic (exact) mass is 250 g/mol. The lowest BCUT2D eigenvalue weighted by Crippen LogP contribution is -2.29. The van der Waals surface area contributed by atoms with E-state index in [0.29, 0.717) is 5.46 Å². The predicted molar refractivity (Wildman–Crippen MR) is 75.1 cm³/mol. The highest BCUT2D eigenvalue weighted by atomic mass is 16.5. The Hall–Kier alpha value is -0.995. The Morgan fingerprint density at radius 3 is 2.28 bits per heavy atom. The van der Waals surface area contributed by atoms with Crippen LogP contribution in [0.2, 0.25) is 0 Å². The van der Waals surface area contributed by atoms with Crippen molar-refractivity contribution < 1.29 is 14.8 Å². The summed E-state index contributed by atoms with van der Waals surface area (Å²) >= 11 is 0. The van der Waals surface area contributed by atoms with Gasteiger partial charge in [-0.1, -0.05) is 38.8 Å². The summed E-state index contributed by atoms with van der Waals surface area (Å²) in [5.74, 6) is 0.794. The summed E-state index contributed by atoms with van der Waals surface area (Å²) in [6.45, 7) is 4.32. The maximum absolute atomic E-state index is 9.00. The summed E-state index contributed by atoms with van der Waals surface area (Å²) in [7, 11) is -1.41. The lowest BCUT2D eigenvalue weighted by atomic mass is 9.80. The topological polar surface area (TPSA) is 49.7 Å². The minimum Gasteiger partial charge on any atom is -0.490 e. The number of ether oxygens (including phenoxy) is 1. The largest absolute Gasteiger partial charge is 0.490 e. The van der Waals surface area contributed by atoms with Gasteiger partial charge in [0.25, 0.3) is 0 Å². The summed E-state index contributed by atoms with van der Waals surface area (Å²) in [6.07, 6.45) is 5.99. The second kappa shape index (κ2) is 8.17. The zero-order valence-corrected chi connectivity index (χ0v) is 11.3. The average Bonchev–Trinajstić information content (AvgIpc) is 2.38.